The molecule has 19 heavy (non-hydrogen) atoms. The van der Waals surface area contributed by atoms with E-state index in [4.69, 9.17) is 4.74 Å². The summed E-state index contributed by atoms with van der Waals surface area (Å²) in [4.78, 5) is 1.63. The normalized spacial score (nSPS) is 21.4. The van der Waals surface area contributed by atoms with Gasteiger partial charge < -0.3 is 9.64 Å². The first-order valence-electron chi connectivity index (χ1n) is 6.60. The molecule has 1 aliphatic rings. The number of ether oxygens (including phenoxy) is 1. The Morgan fingerprint density at radius 3 is 2.79 bits per heavy atom. The summed E-state index contributed by atoms with van der Waals surface area (Å²) in [6.45, 7) is 6.00. The number of benzene rings is 1. The van der Waals surface area contributed by atoms with Crippen LogP contribution in [-0.4, -0.2) is 18.7 Å². The minimum atomic E-state index is -2.56. The van der Waals surface area contributed by atoms with Crippen molar-refractivity contribution >= 4 is 5.69 Å². The number of unbranched alkanes of at least 4 members (excludes halogenated alkanes) is 1. The molecule has 1 atom stereocenters. The summed E-state index contributed by atoms with van der Waals surface area (Å²) < 4.78 is 33.0. The highest BCUT2D eigenvalue weighted by Gasteiger charge is 2.52. The van der Waals surface area contributed by atoms with E-state index in [0.29, 0.717) is 25.1 Å². The average molecular weight is 267 g/mol. The highest BCUT2D eigenvalue weighted by molar-refractivity contribution is 5.64. The Balaban J connectivity index is 2.40. The number of fused-ring (bicyclic) bond motifs is 1. The van der Waals surface area contributed by atoms with Crippen LogP contribution in [-0.2, 0) is 0 Å². The molecule has 1 unspecified atom stereocenters. The molecule has 0 bridgehead atoms. The fourth-order valence-electron chi connectivity index (χ4n) is 2.49. The van der Waals surface area contributed by atoms with Gasteiger partial charge in [-0.15, -0.1) is 6.58 Å². The lowest BCUT2D eigenvalue weighted by Gasteiger charge is -2.37. The Labute approximate surface area is 112 Å². The van der Waals surface area contributed by atoms with E-state index in [1.807, 2.05) is 19.1 Å². The molecule has 4 heteroatoms. The van der Waals surface area contributed by atoms with Crippen LogP contribution < -0.4 is 9.64 Å². The zero-order chi connectivity index (χ0) is 13.9. The van der Waals surface area contributed by atoms with E-state index in [1.54, 1.807) is 23.1 Å². The highest BCUT2D eigenvalue weighted by Crippen LogP contribution is 2.46. The van der Waals surface area contributed by atoms with Crippen molar-refractivity contribution in [3.8, 4) is 5.75 Å². The quantitative estimate of drug-likeness (QED) is 0.715. The molecule has 0 N–H and O–H groups in total. The zero-order valence-corrected chi connectivity index (χ0v) is 11.1. The van der Waals surface area contributed by atoms with Crippen molar-refractivity contribution in [1.29, 1.82) is 0 Å². The molecule has 104 valence electrons. The van der Waals surface area contributed by atoms with Gasteiger partial charge >= 0.3 is 0 Å². The summed E-state index contributed by atoms with van der Waals surface area (Å²) in [6, 6.07) is 7.18. The third-order valence-corrected chi connectivity index (χ3v) is 3.44. The maximum Gasteiger partial charge on any atom is 0.296 e. The predicted molar refractivity (Wildman–Crippen MR) is 72.9 cm³/mol. The van der Waals surface area contributed by atoms with Gasteiger partial charge in [0.1, 0.15) is 5.75 Å². The number of para-hydroxylation sites is 2. The van der Waals surface area contributed by atoms with Crippen LogP contribution in [0.5, 0.6) is 5.75 Å². The number of alkyl halides is 2. The van der Waals surface area contributed by atoms with Crippen LogP contribution >= 0.6 is 0 Å². The van der Waals surface area contributed by atoms with E-state index >= 15 is 0 Å². The predicted octanol–water partition coefficient (Wildman–Crippen LogP) is 4.22. The maximum absolute atomic E-state index is 13.7. The minimum absolute atomic E-state index is 0.309. The first-order chi connectivity index (χ1) is 9.15. The molecule has 1 aliphatic heterocycles. The smallest absolute Gasteiger partial charge is 0.296 e. The van der Waals surface area contributed by atoms with Crippen molar-refractivity contribution < 1.29 is 13.5 Å². The summed E-state index contributed by atoms with van der Waals surface area (Å²) in [7, 11) is 0. The fourth-order valence-corrected chi connectivity index (χ4v) is 2.49. The van der Waals surface area contributed by atoms with E-state index in [-0.39, 0.29) is 0 Å². The standard InChI is InChI=1S/C15H19F2NO/c1-3-5-10-15(14(16)17)18(11-4-2)12-8-6-7-9-13(12)19-15/h4,6-9,14H,2-3,5,10-11H2,1H3. The van der Waals surface area contributed by atoms with E-state index in [9.17, 15) is 8.78 Å². The Kier molecular flexibility index (Phi) is 4.08. The molecule has 0 fully saturated rings. The molecular weight excluding hydrogens is 248 g/mol. The van der Waals surface area contributed by atoms with Crippen molar-refractivity contribution in [3.05, 3.63) is 36.9 Å². The van der Waals surface area contributed by atoms with Crippen molar-refractivity contribution in [2.24, 2.45) is 0 Å². The number of anilines is 1. The minimum Gasteiger partial charge on any atom is -0.460 e. The van der Waals surface area contributed by atoms with Gasteiger partial charge in [0.2, 0.25) is 5.72 Å². The second kappa shape index (κ2) is 5.59. The van der Waals surface area contributed by atoms with Crippen LogP contribution in [0.4, 0.5) is 14.5 Å². The zero-order valence-electron chi connectivity index (χ0n) is 11.1. The first-order valence-corrected chi connectivity index (χ1v) is 6.60. The first kappa shape index (κ1) is 13.8. The molecule has 0 amide bonds. The third-order valence-electron chi connectivity index (χ3n) is 3.44. The lowest BCUT2D eigenvalue weighted by molar-refractivity contribution is -0.0710. The second-order valence-corrected chi connectivity index (χ2v) is 4.72. The molecule has 1 aromatic carbocycles. The van der Waals surface area contributed by atoms with Crippen LogP contribution in [0, 0.1) is 0 Å². The van der Waals surface area contributed by atoms with Crippen LogP contribution in [0.15, 0.2) is 36.9 Å². The molecule has 2 rings (SSSR count). The van der Waals surface area contributed by atoms with Crippen molar-refractivity contribution in [2.75, 3.05) is 11.4 Å². The number of halogens is 2. The van der Waals surface area contributed by atoms with Crippen molar-refractivity contribution in [3.63, 3.8) is 0 Å². The van der Waals surface area contributed by atoms with Gasteiger partial charge in [0.05, 0.1) is 5.69 Å². The lowest BCUT2D eigenvalue weighted by Crippen LogP contribution is -2.55. The molecule has 1 aromatic rings. The van der Waals surface area contributed by atoms with Crippen molar-refractivity contribution in [2.45, 2.75) is 38.3 Å². The summed E-state index contributed by atoms with van der Waals surface area (Å²) in [5.74, 6) is 0.528. The SMILES string of the molecule is C=CCN1c2ccccc2OC1(CCCC)C(F)F. The summed E-state index contributed by atoms with van der Waals surface area (Å²) >= 11 is 0. The van der Waals surface area contributed by atoms with Crippen LogP contribution in [0.3, 0.4) is 0 Å². The van der Waals surface area contributed by atoms with Crippen LogP contribution in [0.2, 0.25) is 0 Å². The third kappa shape index (κ3) is 2.31. The van der Waals surface area contributed by atoms with Gasteiger partial charge in [-0.3, -0.25) is 0 Å². The van der Waals surface area contributed by atoms with Gasteiger partial charge in [0, 0.05) is 13.0 Å². The monoisotopic (exact) mass is 267 g/mol. The Hall–Kier alpha value is -1.58. The molecule has 0 spiro atoms. The van der Waals surface area contributed by atoms with E-state index < -0.39 is 12.2 Å². The van der Waals surface area contributed by atoms with Crippen LogP contribution in [0.25, 0.3) is 0 Å². The Morgan fingerprint density at radius 2 is 2.16 bits per heavy atom. The molecule has 2 nitrogen and oxygen atoms in total. The van der Waals surface area contributed by atoms with Crippen LogP contribution in [0.1, 0.15) is 26.2 Å². The highest BCUT2D eigenvalue weighted by atomic mass is 19.3. The van der Waals surface area contributed by atoms with Gasteiger partial charge in [-0.1, -0.05) is 31.6 Å². The second-order valence-electron chi connectivity index (χ2n) is 4.72. The van der Waals surface area contributed by atoms with Gasteiger partial charge in [-0.25, -0.2) is 8.78 Å². The molecule has 0 aromatic heterocycles. The fraction of sp³-hybridized carbons (Fsp3) is 0.467. The summed E-state index contributed by atoms with van der Waals surface area (Å²) in [6.07, 6.45) is 0.937. The number of nitrogens with zero attached hydrogens (tertiary/aromatic N) is 1. The topological polar surface area (TPSA) is 12.5 Å². The van der Waals surface area contributed by atoms with E-state index in [0.717, 1.165) is 12.1 Å². The van der Waals surface area contributed by atoms with Gasteiger partial charge in [0.15, 0.2) is 0 Å². The maximum atomic E-state index is 13.7. The van der Waals surface area contributed by atoms with Gasteiger partial charge in [-0.05, 0) is 18.6 Å². The molecule has 0 saturated heterocycles. The summed E-state index contributed by atoms with van der Waals surface area (Å²) in [5, 5.41) is 0. The molecule has 0 radical (unpaired) electrons. The van der Waals surface area contributed by atoms with E-state index in [2.05, 4.69) is 6.58 Å². The van der Waals surface area contributed by atoms with Gasteiger partial charge in [0.25, 0.3) is 6.43 Å². The molecule has 1 heterocycles. The number of hydrogen-bond acceptors (Lipinski definition) is 2. The van der Waals surface area contributed by atoms with Gasteiger partial charge in [-0.2, -0.15) is 0 Å². The summed E-state index contributed by atoms with van der Waals surface area (Å²) in [5.41, 5.74) is -0.827. The van der Waals surface area contributed by atoms with E-state index in [1.165, 1.54) is 0 Å². The molecule has 0 saturated carbocycles. The number of hydrogen-bond donors (Lipinski definition) is 0. The molecular formula is C15H19F2NO. The average Bonchev–Trinajstić information content (AvgIpc) is 2.73. The van der Waals surface area contributed by atoms with Crippen molar-refractivity contribution in [1.82, 2.24) is 0 Å². The largest absolute Gasteiger partial charge is 0.460 e. The Morgan fingerprint density at radius 1 is 1.42 bits per heavy atom. The molecule has 0 aliphatic carbocycles. The number of rotatable bonds is 6. The Bertz CT molecular complexity index is 450. The lowest BCUT2D eigenvalue weighted by atomic mass is 10.0.